The highest BCUT2D eigenvalue weighted by Crippen LogP contribution is 2.54. The van der Waals surface area contributed by atoms with Gasteiger partial charge in [-0.3, -0.25) is 9.59 Å². The van der Waals surface area contributed by atoms with Crippen molar-refractivity contribution >= 4 is 11.9 Å². The van der Waals surface area contributed by atoms with Gasteiger partial charge in [0.15, 0.2) is 5.41 Å². The Balaban J connectivity index is 2.13. The maximum atomic E-state index is 12.2. The fraction of sp³-hybridized carbons (Fsp3) is 0.812. The van der Waals surface area contributed by atoms with E-state index in [2.05, 4.69) is 6.07 Å². The van der Waals surface area contributed by atoms with Gasteiger partial charge < -0.3 is 9.47 Å². The van der Waals surface area contributed by atoms with Gasteiger partial charge >= 0.3 is 11.9 Å². The molecule has 0 spiro atoms. The quantitative estimate of drug-likeness (QED) is 0.744. The van der Waals surface area contributed by atoms with Crippen LogP contribution in [0.5, 0.6) is 0 Å². The number of ether oxygens (including phenoxy) is 2. The van der Waals surface area contributed by atoms with Crippen LogP contribution in [0.4, 0.5) is 0 Å². The zero-order valence-corrected chi connectivity index (χ0v) is 13.1. The average Bonchev–Trinajstić information content (AvgIpc) is 2.92. The van der Waals surface area contributed by atoms with Gasteiger partial charge in [-0.25, -0.2) is 0 Å². The second-order valence-corrected chi connectivity index (χ2v) is 6.56. The molecule has 2 fully saturated rings. The van der Waals surface area contributed by atoms with E-state index < -0.39 is 23.6 Å². The van der Waals surface area contributed by atoms with E-state index >= 15 is 0 Å². The Hall–Kier alpha value is -1.57. The van der Waals surface area contributed by atoms with Crippen molar-refractivity contribution in [1.29, 1.82) is 5.26 Å². The first-order valence-corrected chi connectivity index (χ1v) is 7.68. The number of fused-ring (bicyclic) bond motifs is 1. The highest BCUT2D eigenvalue weighted by atomic mass is 16.6. The Morgan fingerprint density at radius 3 is 2.81 bits per heavy atom. The van der Waals surface area contributed by atoms with Crippen LogP contribution >= 0.6 is 0 Å². The molecule has 6 atom stereocenters. The summed E-state index contributed by atoms with van der Waals surface area (Å²) in [5.41, 5.74) is -1.04. The Bertz CT molecular complexity index is 483. The van der Waals surface area contributed by atoms with Crippen molar-refractivity contribution in [2.45, 2.75) is 59.2 Å². The van der Waals surface area contributed by atoms with Crippen molar-refractivity contribution in [2.75, 3.05) is 0 Å². The summed E-state index contributed by atoms with van der Waals surface area (Å²) in [6.45, 7) is 7.52. The minimum absolute atomic E-state index is 0.173. The van der Waals surface area contributed by atoms with Crippen molar-refractivity contribution in [2.24, 2.45) is 23.2 Å². The number of carbonyl (C=O) groups is 2. The number of cyclic esters (lactones) is 1. The second-order valence-electron chi connectivity index (χ2n) is 6.56. The summed E-state index contributed by atoms with van der Waals surface area (Å²) < 4.78 is 10.9. The Kier molecular flexibility index (Phi) is 4.27. The van der Waals surface area contributed by atoms with Crippen molar-refractivity contribution in [3.63, 3.8) is 0 Å². The molecule has 1 heterocycles. The summed E-state index contributed by atoms with van der Waals surface area (Å²) in [6.07, 6.45) is 0.986. The van der Waals surface area contributed by atoms with Crippen molar-refractivity contribution in [1.82, 2.24) is 0 Å². The molecule has 0 aromatic carbocycles. The predicted octanol–water partition coefficient (Wildman–Crippen LogP) is 2.45. The standard InChI is InChI=1S/C16H23NO4/c1-5-10(3)14(18)20-11(4)13-12-6-9(2)7-16(12,8-17)15(19)21-13/h9-13H,5-7H2,1-4H3. The summed E-state index contributed by atoms with van der Waals surface area (Å²) >= 11 is 0. The largest absolute Gasteiger partial charge is 0.458 e. The van der Waals surface area contributed by atoms with E-state index in [1.54, 1.807) is 6.92 Å². The third-order valence-corrected chi connectivity index (χ3v) is 4.94. The number of nitrogens with zero attached hydrogens (tertiary/aromatic N) is 1. The minimum Gasteiger partial charge on any atom is -0.458 e. The van der Waals surface area contributed by atoms with Gasteiger partial charge in [0.2, 0.25) is 0 Å². The van der Waals surface area contributed by atoms with Crippen LogP contribution in [0.25, 0.3) is 0 Å². The molecule has 0 amide bonds. The molecule has 2 aliphatic rings. The Morgan fingerprint density at radius 1 is 1.57 bits per heavy atom. The monoisotopic (exact) mass is 293 g/mol. The van der Waals surface area contributed by atoms with Crippen LogP contribution in [0.15, 0.2) is 0 Å². The van der Waals surface area contributed by atoms with Crippen LogP contribution < -0.4 is 0 Å². The minimum atomic E-state index is -1.04. The average molecular weight is 293 g/mol. The smallest absolute Gasteiger partial charge is 0.327 e. The number of hydrogen-bond donors (Lipinski definition) is 0. The molecule has 0 aromatic rings. The molecule has 5 nitrogen and oxygen atoms in total. The van der Waals surface area contributed by atoms with Crippen molar-refractivity contribution in [3.8, 4) is 6.07 Å². The fourth-order valence-electron chi connectivity index (χ4n) is 3.51. The first-order valence-electron chi connectivity index (χ1n) is 7.68. The van der Waals surface area contributed by atoms with E-state index in [0.717, 1.165) is 6.42 Å². The van der Waals surface area contributed by atoms with Gasteiger partial charge in [-0.15, -0.1) is 0 Å². The number of carbonyl (C=O) groups excluding carboxylic acids is 2. The van der Waals surface area contributed by atoms with Gasteiger partial charge in [-0.05, 0) is 32.1 Å². The lowest BCUT2D eigenvalue weighted by Gasteiger charge is -2.25. The van der Waals surface area contributed by atoms with Gasteiger partial charge in [-0.1, -0.05) is 20.8 Å². The van der Waals surface area contributed by atoms with Crippen LogP contribution in [0, 0.1) is 34.5 Å². The molecular weight excluding hydrogens is 270 g/mol. The fourth-order valence-corrected chi connectivity index (χ4v) is 3.51. The predicted molar refractivity (Wildman–Crippen MR) is 74.8 cm³/mol. The topological polar surface area (TPSA) is 76.4 Å². The van der Waals surface area contributed by atoms with Crippen LogP contribution in [0.1, 0.15) is 47.0 Å². The lowest BCUT2D eigenvalue weighted by molar-refractivity contribution is -0.165. The molecule has 1 aliphatic carbocycles. The van der Waals surface area contributed by atoms with E-state index in [0.29, 0.717) is 18.8 Å². The molecule has 6 unspecified atom stereocenters. The number of nitriles is 1. The Labute approximate surface area is 125 Å². The van der Waals surface area contributed by atoms with Gasteiger partial charge in [0.25, 0.3) is 0 Å². The highest BCUT2D eigenvalue weighted by molar-refractivity contribution is 5.83. The summed E-state index contributed by atoms with van der Waals surface area (Å²) in [4.78, 5) is 24.1. The third kappa shape index (κ3) is 2.52. The maximum Gasteiger partial charge on any atom is 0.327 e. The van der Waals surface area contributed by atoms with E-state index in [1.807, 2.05) is 20.8 Å². The molecule has 0 aromatic heterocycles. The highest BCUT2D eigenvalue weighted by Gasteiger charge is 2.63. The number of rotatable bonds is 4. The summed E-state index contributed by atoms with van der Waals surface area (Å²) in [5, 5.41) is 9.46. The molecule has 1 saturated heterocycles. The number of hydrogen-bond acceptors (Lipinski definition) is 5. The second kappa shape index (κ2) is 5.67. The normalized spacial score (nSPS) is 37.3. The summed E-state index contributed by atoms with van der Waals surface area (Å²) in [5.74, 6) is -0.766. The molecule has 0 N–H and O–H groups in total. The summed E-state index contributed by atoms with van der Waals surface area (Å²) in [7, 11) is 0. The van der Waals surface area contributed by atoms with E-state index in [1.165, 1.54) is 0 Å². The first-order chi connectivity index (χ1) is 9.85. The molecule has 1 saturated carbocycles. The Morgan fingerprint density at radius 2 is 2.24 bits per heavy atom. The van der Waals surface area contributed by atoms with E-state index in [9.17, 15) is 14.9 Å². The maximum absolute atomic E-state index is 12.2. The SMILES string of the molecule is CCC(C)C(=O)OC(C)C1OC(=O)C2(C#N)CC(C)CC12. The van der Waals surface area contributed by atoms with Crippen molar-refractivity contribution in [3.05, 3.63) is 0 Å². The van der Waals surface area contributed by atoms with Gasteiger partial charge in [0.1, 0.15) is 12.2 Å². The third-order valence-electron chi connectivity index (χ3n) is 4.94. The van der Waals surface area contributed by atoms with Crippen molar-refractivity contribution < 1.29 is 19.1 Å². The van der Waals surface area contributed by atoms with E-state index in [-0.39, 0.29) is 17.8 Å². The van der Waals surface area contributed by atoms with E-state index in [4.69, 9.17) is 9.47 Å². The molecule has 0 radical (unpaired) electrons. The van der Waals surface area contributed by atoms with Gasteiger partial charge in [0, 0.05) is 5.92 Å². The molecule has 5 heteroatoms. The van der Waals surface area contributed by atoms with Crippen LogP contribution in [-0.4, -0.2) is 24.1 Å². The lowest BCUT2D eigenvalue weighted by atomic mass is 9.78. The molecule has 2 rings (SSSR count). The zero-order valence-electron chi connectivity index (χ0n) is 13.1. The number of esters is 2. The molecule has 0 bridgehead atoms. The molecule has 21 heavy (non-hydrogen) atoms. The molecule has 1 aliphatic heterocycles. The lowest BCUT2D eigenvalue weighted by Crippen LogP contribution is -2.36. The molecule has 116 valence electrons. The van der Waals surface area contributed by atoms with Crippen LogP contribution in [-0.2, 0) is 19.1 Å². The summed E-state index contributed by atoms with van der Waals surface area (Å²) in [6, 6.07) is 2.18. The van der Waals surface area contributed by atoms with Crippen LogP contribution in [0.3, 0.4) is 0 Å². The first kappa shape index (κ1) is 15.8. The van der Waals surface area contributed by atoms with Gasteiger partial charge in [0.05, 0.1) is 12.0 Å². The van der Waals surface area contributed by atoms with Crippen LogP contribution in [0.2, 0.25) is 0 Å². The van der Waals surface area contributed by atoms with Gasteiger partial charge in [-0.2, -0.15) is 5.26 Å². The molecular formula is C16H23NO4. The zero-order chi connectivity index (χ0) is 15.8.